The molecule has 3 aromatic rings. The summed E-state index contributed by atoms with van der Waals surface area (Å²) in [4.78, 5) is 23.9. The van der Waals surface area contributed by atoms with Gasteiger partial charge in [0.15, 0.2) is 0 Å². The summed E-state index contributed by atoms with van der Waals surface area (Å²) in [6.45, 7) is 5.40. The van der Waals surface area contributed by atoms with E-state index in [-0.39, 0.29) is 45.9 Å². The van der Waals surface area contributed by atoms with Crippen LogP contribution in [0.3, 0.4) is 0 Å². The maximum Gasteiger partial charge on any atom is 0.229 e. The molecule has 1 amide bonds. The Kier molecular flexibility index (Phi) is 6.68. The molecule has 0 radical (unpaired) electrons. The van der Waals surface area contributed by atoms with E-state index in [1.54, 1.807) is 0 Å². The smallest absolute Gasteiger partial charge is 0.229 e. The number of anilines is 3. The molecule has 2 aliphatic heterocycles. The summed E-state index contributed by atoms with van der Waals surface area (Å²) in [6, 6.07) is 8.56. The van der Waals surface area contributed by atoms with Gasteiger partial charge in [0.05, 0.1) is 11.3 Å². The standard InChI is InChI=1S/C27H27Cl2FN6O/c1-27(2)19-6-4-16(10-14(19)8-9-36(27)3)33-26-32-13-18-24(31)17(5-7-22(37)34-25(18)35-26)23-20(28)11-15(30)12-21(23)29/h4,6,10-13,17,31H,5,7-9H2,1-3H3,(H2,32,33,34,35,37). The predicted octanol–water partition coefficient (Wildman–Crippen LogP) is 6.27. The fourth-order valence-corrected chi connectivity index (χ4v) is 5.81. The zero-order valence-corrected chi connectivity index (χ0v) is 22.3. The first-order valence-electron chi connectivity index (χ1n) is 12.1. The molecule has 2 aromatic carbocycles. The zero-order valence-electron chi connectivity index (χ0n) is 20.8. The molecule has 10 heteroatoms. The van der Waals surface area contributed by atoms with Crippen molar-refractivity contribution in [1.29, 1.82) is 5.41 Å². The number of carbonyl (C=O) groups is 1. The van der Waals surface area contributed by atoms with Gasteiger partial charge in [0.1, 0.15) is 11.6 Å². The summed E-state index contributed by atoms with van der Waals surface area (Å²) < 4.78 is 13.8. The van der Waals surface area contributed by atoms with Crippen LogP contribution in [0.4, 0.5) is 21.8 Å². The van der Waals surface area contributed by atoms with E-state index < -0.39 is 11.7 Å². The molecule has 192 valence electrons. The predicted molar refractivity (Wildman–Crippen MR) is 145 cm³/mol. The van der Waals surface area contributed by atoms with Crippen molar-refractivity contribution in [1.82, 2.24) is 14.9 Å². The summed E-state index contributed by atoms with van der Waals surface area (Å²) in [6.07, 6.45) is 2.86. The van der Waals surface area contributed by atoms with Gasteiger partial charge in [-0.15, -0.1) is 0 Å². The van der Waals surface area contributed by atoms with Gasteiger partial charge < -0.3 is 16.0 Å². The molecule has 0 aliphatic carbocycles. The zero-order chi connectivity index (χ0) is 26.5. The molecule has 3 heterocycles. The monoisotopic (exact) mass is 540 g/mol. The van der Waals surface area contributed by atoms with Crippen molar-refractivity contribution >= 4 is 52.3 Å². The van der Waals surface area contributed by atoms with E-state index in [2.05, 4.69) is 58.5 Å². The number of hydrogen-bond acceptors (Lipinski definition) is 6. The molecule has 0 fully saturated rings. The lowest BCUT2D eigenvalue weighted by molar-refractivity contribution is -0.116. The molecule has 0 saturated heterocycles. The Hall–Kier alpha value is -3.07. The first-order valence-corrected chi connectivity index (χ1v) is 12.8. The minimum absolute atomic E-state index is 0.0529. The Labute approximate surface area is 224 Å². The van der Waals surface area contributed by atoms with Gasteiger partial charge in [-0.05, 0) is 74.7 Å². The number of halogens is 3. The highest BCUT2D eigenvalue weighted by molar-refractivity contribution is 6.36. The third-order valence-corrected chi connectivity index (χ3v) is 8.05. The van der Waals surface area contributed by atoms with Gasteiger partial charge in [0.25, 0.3) is 0 Å². The maximum atomic E-state index is 13.8. The average Bonchev–Trinajstić information content (AvgIpc) is 2.82. The van der Waals surface area contributed by atoms with Crippen molar-refractivity contribution in [3.8, 4) is 0 Å². The maximum absolute atomic E-state index is 13.8. The second-order valence-electron chi connectivity index (χ2n) is 10.0. The lowest BCUT2D eigenvalue weighted by atomic mass is 9.83. The second-order valence-corrected chi connectivity index (χ2v) is 10.8. The van der Waals surface area contributed by atoms with Crippen molar-refractivity contribution in [2.75, 3.05) is 24.2 Å². The molecular formula is C27H27Cl2FN6O. The molecule has 7 nitrogen and oxygen atoms in total. The molecule has 1 atom stereocenters. The van der Waals surface area contributed by atoms with E-state index in [4.69, 9.17) is 28.6 Å². The molecular weight excluding hydrogens is 514 g/mol. The molecule has 1 unspecified atom stereocenters. The average molecular weight is 541 g/mol. The van der Waals surface area contributed by atoms with Crippen LogP contribution in [-0.4, -0.2) is 40.1 Å². The van der Waals surface area contributed by atoms with Crippen LogP contribution in [0.25, 0.3) is 0 Å². The molecule has 3 N–H and O–H groups in total. The minimum atomic E-state index is -0.616. The highest BCUT2D eigenvalue weighted by Crippen LogP contribution is 2.39. The number of hydrogen-bond donors (Lipinski definition) is 3. The largest absolute Gasteiger partial charge is 0.324 e. The van der Waals surface area contributed by atoms with Gasteiger partial charge in [-0.3, -0.25) is 9.69 Å². The van der Waals surface area contributed by atoms with Crippen molar-refractivity contribution in [3.05, 3.63) is 74.6 Å². The molecule has 0 saturated carbocycles. The second kappa shape index (κ2) is 9.67. The topological polar surface area (TPSA) is 94.0 Å². The van der Waals surface area contributed by atoms with Crippen LogP contribution in [0.1, 0.15) is 54.9 Å². The van der Waals surface area contributed by atoms with Crippen LogP contribution in [0.5, 0.6) is 0 Å². The van der Waals surface area contributed by atoms with E-state index >= 15 is 0 Å². The first-order chi connectivity index (χ1) is 17.5. The molecule has 1 aromatic heterocycles. The van der Waals surface area contributed by atoms with E-state index in [1.165, 1.54) is 17.3 Å². The summed E-state index contributed by atoms with van der Waals surface area (Å²) in [5, 5.41) is 15.2. The number of fused-ring (bicyclic) bond motifs is 2. The Morgan fingerprint density at radius 3 is 2.65 bits per heavy atom. The van der Waals surface area contributed by atoms with E-state index in [0.717, 1.165) is 30.8 Å². The Bertz CT molecular complexity index is 1400. The third kappa shape index (κ3) is 4.81. The van der Waals surface area contributed by atoms with Gasteiger partial charge >= 0.3 is 0 Å². The first kappa shape index (κ1) is 25.6. The van der Waals surface area contributed by atoms with Gasteiger partial charge in [0.2, 0.25) is 11.9 Å². The molecule has 37 heavy (non-hydrogen) atoms. The number of benzene rings is 2. The quantitative estimate of drug-likeness (QED) is 0.363. The number of likely N-dealkylation sites (N-methyl/N-ethyl adjacent to an activating group) is 1. The highest BCUT2D eigenvalue weighted by atomic mass is 35.5. The van der Waals surface area contributed by atoms with E-state index in [0.29, 0.717) is 17.1 Å². The number of nitrogens with one attached hydrogen (secondary N) is 3. The molecule has 0 spiro atoms. The number of nitrogens with zero attached hydrogens (tertiary/aromatic N) is 3. The van der Waals surface area contributed by atoms with Crippen molar-refractivity contribution in [2.45, 2.75) is 44.6 Å². The Balaban J connectivity index is 1.46. The number of amides is 1. The van der Waals surface area contributed by atoms with Gasteiger partial charge in [0, 0.05) is 46.4 Å². The number of aromatic nitrogens is 2. The van der Waals surface area contributed by atoms with Gasteiger partial charge in [-0.25, -0.2) is 9.37 Å². The Morgan fingerprint density at radius 1 is 1.19 bits per heavy atom. The van der Waals surface area contributed by atoms with Crippen LogP contribution < -0.4 is 10.6 Å². The number of rotatable bonds is 3. The summed E-state index contributed by atoms with van der Waals surface area (Å²) >= 11 is 12.6. The van der Waals surface area contributed by atoms with E-state index in [9.17, 15) is 9.18 Å². The van der Waals surface area contributed by atoms with Crippen LogP contribution in [0.2, 0.25) is 10.0 Å². The normalized spacial score (nSPS) is 19.4. The summed E-state index contributed by atoms with van der Waals surface area (Å²) in [5.41, 5.74) is 4.27. The minimum Gasteiger partial charge on any atom is -0.324 e. The van der Waals surface area contributed by atoms with Gasteiger partial charge in [-0.1, -0.05) is 29.3 Å². The molecule has 0 bridgehead atoms. The molecule has 5 rings (SSSR count). The summed E-state index contributed by atoms with van der Waals surface area (Å²) in [7, 11) is 2.13. The van der Waals surface area contributed by atoms with Crippen LogP contribution in [0, 0.1) is 11.2 Å². The number of carbonyl (C=O) groups excluding carboxylic acids is 1. The van der Waals surface area contributed by atoms with Crippen LogP contribution >= 0.6 is 23.2 Å². The van der Waals surface area contributed by atoms with Crippen molar-refractivity contribution < 1.29 is 9.18 Å². The SMILES string of the molecule is CN1CCc2cc(Nc3ncc4c(n3)NC(=O)CCC(c3c(Cl)cc(F)cc3Cl)C4=N)ccc2C1(C)C. The van der Waals surface area contributed by atoms with Crippen molar-refractivity contribution in [3.63, 3.8) is 0 Å². The molecule has 2 aliphatic rings. The van der Waals surface area contributed by atoms with Crippen LogP contribution in [-0.2, 0) is 16.8 Å². The summed E-state index contributed by atoms with van der Waals surface area (Å²) in [5.74, 6) is -0.903. The third-order valence-electron chi connectivity index (χ3n) is 7.43. The Morgan fingerprint density at radius 2 is 1.92 bits per heavy atom. The fourth-order valence-electron chi connectivity index (χ4n) is 5.09. The fraction of sp³-hybridized carbons (Fsp3) is 0.333. The lowest BCUT2D eigenvalue weighted by Crippen LogP contribution is -2.43. The van der Waals surface area contributed by atoms with Crippen LogP contribution in [0.15, 0.2) is 36.5 Å². The van der Waals surface area contributed by atoms with Gasteiger partial charge in [-0.2, -0.15) is 4.98 Å². The highest BCUT2D eigenvalue weighted by Gasteiger charge is 2.32. The lowest BCUT2D eigenvalue weighted by Gasteiger charge is -2.41. The van der Waals surface area contributed by atoms with E-state index in [1.807, 2.05) is 6.07 Å². The van der Waals surface area contributed by atoms with Crippen molar-refractivity contribution in [2.24, 2.45) is 0 Å².